The maximum absolute atomic E-state index is 13.2. The van der Waals surface area contributed by atoms with Crippen LogP contribution in [0, 0.1) is 11.7 Å². The molecule has 1 aromatic carbocycles. The Morgan fingerprint density at radius 1 is 1.25 bits per heavy atom. The number of hydrogen-bond donors (Lipinski definition) is 1. The van der Waals surface area contributed by atoms with Gasteiger partial charge in [-0.1, -0.05) is 0 Å². The summed E-state index contributed by atoms with van der Waals surface area (Å²) >= 11 is 0. The SMILES string of the molecule is C[C@H](O)c1cc(F)ccc1N1CCC(C(F)(F)F)CC1. The van der Waals surface area contributed by atoms with Crippen LogP contribution in [-0.2, 0) is 0 Å². The molecule has 1 aliphatic heterocycles. The fourth-order valence-electron chi connectivity index (χ4n) is 2.60. The summed E-state index contributed by atoms with van der Waals surface area (Å²) in [5.74, 6) is -1.73. The van der Waals surface area contributed by atoms with Gasteiger partial charge < -0.3 is 10.0 Å². The van der Waals surface area contributed by atoms with Gasteiger partial charge in [-0.2, -0.15) is 13.2 Å². The second-order valence-corrected chi connectivity index (χ2v) is 5.18. The van der Waals surface area contributed by atoms with Crippen molar-refractivity contribution in [2.75, 3.05) is 18.0 Å². The second-order valence-electron chi connectivity index (χ2n) is 5.18. The predicted molar refractivity (Wildman–Crippen MR) is 68.0 cm³/mol. The Morgan fingerprint density at radius 3 is 2.35 bits per heavy atom. The van der Waals surface area contributed by atoms with Gasteiger partial charge in [0.25, 0.3) is 0 Å². The largest absolute Gasteiger partial charge is 0.391 e. The maximum Gasteiger partial charge on any atom is 0.391 e. The third-order valence-electron chi connectivity index (χ3n) is 3.74. The van der Waals surface area contributed by atoms with Crippen molar-refractivity contribution in [1.82, 2.24) is 0 Å². The normalized spacial score (nSPS) is 19.2. The number of piperidine rings is 1. The Hall–Kier alpha value is -1.30. The average molecular weight is 291 g/mol. The van der Waals surface area contributed by atoms with Gasteiger partial charge in [0.05, 0.1) is 12.0 Å². The minimum atomic E-state index is -4.15. The standard InChI is InChI=1S/C14H17F4NO/c1-9(20)12-8-11(15)2-3-13(12)19-6-4-10(5-7-19)14(16,17)18/h2-3,8-10,20H,4-7H2,1H3/t9-/m0/s1. The number of nitrogens with zero attached hydrogens (tertiary/aromatic N) is 1. The van der Waals surface area contributed by atoms with E-state index in [0.717, 1.165) is 0 Å². The van der Waals surface area contributed by atoms with E-state index in [1.165, 1.54) is 25.1 Å². The van der Waals surface area contributed by atoms with Crippen LogP contribution in [0.3, 0.4) is 0 Å². The zero-order valence-electron chi connectivity index (χ0n) is 11.1. The van der Waals surface area contributed by atoms with Gasteiger partial charge in [-0.15, -0.1) is 0 Å². The molecule has 20 heavy (non-hydrogen) atoms. The number of aliphatic hydroxyl groups is 1. The molecule has 0 radical (unpaired) electrons. The molecule has 1 saturated heterocycles. The van der Waals surface area contributed by atoms with Gasteiger partial charge >= 0.3 is 6.18 Å². The van der Waals surface area contributed by atoms with E-state index >= 15 is 0 Å². The molecule has 1 atom stereocenters. The highest BCUT2D eigenvalue weighted by molar-refractivity contribution is 5.55. The lowest BCUT2D eigenvalue weighted by Crippen LogP contribution is -2.39. The Morgan fingerprint density at radius 2 is 1.85 bits per heavy atom. The maximum atomic E-state index is 13.2. The zero-order chi connectivity index (χ0) is 14.9. The summed E-state index contributed by atoms with van der Waals surface area (Å²) in [5, 5.41) is 9.67. The monoisotopic (exact) mass is 291 g/mol. The molecule has 0 saturated carbocycles. The minimum absolute atomic E-state index is 0.0279. The molecule has 0 bridgehead atoms. The Kier molecular flexibility index (Phi) is 4.22. The lowest BCUT2D eigenvalue weighted by atomic mass is 9.95. The molecule has 1 heterocycles. The highest BCUT2D eigenvalue weighted by atomic mass is 19.4. The summed E-state index contributed by atoms with van der Waals surface area (Å²) in [6.07, 6.45) is -4.96. The molecule has 1 aromatic rings. The molecule has 0 amide bonds. The van der Waals surface area contributed by atoms with Crippen LogP contribution < -0.4 is 4.90 Å². The van der Waals surface area contributed by atoms with Crippen LogP contribution in [0.15, 0.2) is 18.2 Å². The summed E-state index contributed by atoms with van der Waals surface area (Å²) in [7, 11) is 0. The summed E-state index contributed by atoms with van der Waals surface area (Å²) in [4.78, 5) is 1.78. The average Bonchev–Trinajstić information content (AvgIpc) is 2.37. The molecule has 1 aliphatic rings. The summed E-state index contributed by atoms with van der Waals surface area (Å²) in [6, 6.07) is 4.01. The van der Waals surface area contributed by atoms with Gasteiger partial charge in [0.2, 0.25) is 0 Å². The topological polar surface area (TPSA) is 23.5 Å². The summed E-state index contributed by atoms with van der Waals surface area (Å²) < 4.78 is 51.1. The third-order valence-corrected chi connectivity index (χ3v) is 3.74. The van der Waals surface area contributed by atoms with Crippen molar-refractivity contribution in [1.29, 1.82) is 0 Å². The van der Waals surface area contributed by atoms with E-state index in [2.05, 4.69) is 0 Å². The van der Waals surface area contributed by atoms with Crippen molar-refractivity contribution in [3.63, 3.8) is 0 Å². The zero-order valence-corrected chi connectivity index (χ0v) is 11.1. The predicted octanol–water partition coefficient (Wildman–Crippen LogP) is 3.66. The number of halogens is 4. The minimum Gasteiger partial charge on any atom is -0.389 e. The van der Waals surface area contributed by atoms with Crippen molar-refractivity contribution in [2.24, 2.45) is 5.92 Å². The van der Waals surface area contributed by atoms with Crippen molar-refractivity contribution in [3.05, 3.63) is 29.6 Å². The van der Waals surface area contributed by atoms with Gasteiger partial charge in [-0.25, -0.2) is 4.39 Å². The lowest BCUT2D eigenvalue weighted by molar-refractivity contribution is -0.179. The smallest absolute Gasteiger partial charge is 0.389 e. The number of alkyl halides is 3. The van der Waals surface area contributed by atoms with E-state index in [9.17, 15) is 22.7 Å². The quantitative estimate of drug-likeness (QED) is 0.841. The number of anilines is 1. The number of rotatable bonds is 2. The molecule has 112 valence electrons. The second kappa shape index (κ2) is 5.60. The van der Waals surface area contributed by atoms with Crippen LogP contribution in [0.2, 0.25) is 0 Å². The molecule has 2 nitrogen and oxygen atoms in total. The molecule has 0 unspecified atom stereocenters. The van der Waals surface area contributed by atoms with Gasteiger partial charge in [-0.3, -0.25) is 0 Å². The highest BCUT2D eigenvalue weighted by Crippen LogP contribution is 2.37. The molecule has 6 heteroatoms. The number of benzene rings is 1. The van der Waals surface area contributed by atoms with Crippen LogP contribution in [-0.4, -0.2) is 24.4 Å². The first-order valence-electron chi connectivity index (χ1n) is 6.58. The third kappa shape index (κ3) is 3.23. The first kappa shape index (κ1) is 15.1. The Balaban J connectivity index is 2.15. The number of hydrogen-bond acceptors (Lipinski definition) is 2. The molecular formula is C14H17F4NO. The molecule has 0 aromatic heterocycles. The van der Waals surface area contributed by atoms with Crippen LogP contribution in [0.4, 0.5) is 23.2 Å². The molecule has 0 spiro atoms. The van der Waals surface area contributed by atoms with E-state index in [4.69, 9.17) is 0 Å². The molecule has 1 N–H and O–H groups in total. The van der Waals surface area contributed by atoms with Crippen molar-refractivity contribution in [3.8, 4) is 0 Å². The molecule has 2 rings (SSSR count). The van der Waals surface area contributed by atoms with E-state index in [0.29, 0.717) is 11.3 Å². The van der Waals surface area contributed by atoms with E-state index < -0.39 is 24.0 Å². The molecule has 1 fully saturated rings. The number of aliphatic hydroxyl groups excluding tert-OH is 1. The van der Waals surface area contributed by atoms with Crippen LogP contribution in [0.25, 0.3) is 0 Å². The first-order valence-corrected chi connectivity index (χ1v) is 6.58. The Labute approximate surface area is 115 Å². The van der Waals surface area contributed by atoms with Crippen LogP contribution in [0.5, 0.6) is 0 Å². The van der Waals surface area contributed by atoms with Gasteiger partial charge in [0, 0.05) is 24.3 Å². The van der Waals surface area contributed by atoms with Gasteiger partial charge in [0.15, 0.2) is 0 Å². The van der Waals surface area contributed by atoms with Gasteiger partial charge in [0.1, 0.15) is 5.82 Å². The Bertz CT molecular complexity index is 465. The van der Waals surface area contributed by atoms with Crippen molar-refractivity contribution in [2.45, 2.75) is 32.0 Å². The fourth-order valence-corrected chi connectivity index (χ4v) is 2.60. The van der Waals surface area contributed by atoms with E-state index in [1.807, 2.05) is 0 Å². The fraction of sp³-hybridized carbons (Fsp3) is 0.571. The van der Waals surface area contributed by atoms with E-state index in [1.54, 1.807) is 4.90 Å². The summed E-state index contributed by atoms with van der Waals surface area (Å²) in [5.41, 5.74) is 1.03. The molecular weight excluding hydrogens is 274 g/mol. The van der Waals surface area contributed by atoms with Gasteiger partial charge in [-0.05, 0) is 38.0 Å². The first-order chi connectivity index (χ1) is 9.29. The highest BCUT2D eigenvalue weighted by Gasteiger charge is 2.41. The van der Waals surface area contributed by atoms with Crippen LogP contribution in [0.1, 0.15) is 31.4 Å². The van der Waals surface area contributed by atoms with Crippen molar-refractivity contribution < 1.29 is 22.7 Å². The molecule has 0 aliphatic carbocycles. The summed E-state index contributed by atoms with van der Waals surface area (Å²) in [6.45, 7) is 2.03. The lowest BCUT2D eigenvalue weighted by Gasteiger charge is -2.35. The van der Waals surface area contributed by atoms with E-state index in [-0.39, 0.29) is 25.9 Å². The van der Waals surface area contributed by atoms with Crippen molar-refractivity contribution >= 4 is 5.69 Å². The van der Waals surface area contributed by atoms with Crippen LogP contribution >= 0.6 is 0 Å².